The smallest absolute Gasteiger partial charge is 0.405 e. The zero-order valence-electron chi connectivity index (χ0n) is 23.1. The van der Waals surface area contributed by atoms with Gasteiger partial charge in [0.05, 0.1) is 17.3 Å². The zero-order chi connectivity index (χ0) is 29.8. The highest BCUT2D eigenvalue weighted by Gasteiger charge is 2.54. The van der Waals surface area contributed by atoms with Gasteiger partial charge in [0.1, 0.15) is 23.8 Å². The van der Waals surface area contributed by atoms with Crippen molar-refractivity contribution in [2.45, 2.75) is 38.3 Å². The molecule has 4 rings (SSSR count). The van der Waals surface area contributed by atoms with Crippen molar-refractivity contribution < 1.29 is 28.7 Å². The van der Waals surface area contributed by atoms with E-state index < -0.39 is 35.0 Å². The van der Waals surface area contributed by atoms with Crippen LogP contribution in [0.1, 0.15) is 31.4 Å². The van der Waals surface area contributed by atoms with Crippen LogP contribution in [0, 0.1) is 16.7 Å². The molecule has 41 heavy (non-hydrogen) atoms. The number of carbonyl (C=O) groups excluding carboxylic acids is 4. The van der Waals surface area contributed by atoms with Gasteiger partial charge < -0.3 is 25.4 Å². The summed E-state index contributed by atoms with van der Waals surface area (Å²) in [5.41, 5.74) is 4.39. The largest absolute Gasteiger partial charge is 0.491 e. The fourth-order valence-corrected chi connectivity index (χ4v) is 5.08. The van der Waals surface area contributed by atoms with Gasteiger partial charge in [0.15, 0.2) is 5.60 Å². The van der Waals surface area contributed by atoms with Crippen LogP contribution in [-0.2, 0) is 25.5 Å². The summed E-state index contributed by atoms with van der Waals surface area (Å²) in [4.78, 5) is 53.4. The molecule has 0 radical (unpaired) electrons. The second kappa shape index (κ2) is 11.7. The molecule has 2 aliphatic rings. The molecule has 214 valence electrons. The number of nitrogens with two attached hydrogens (primary N) is 1. The van der Waals surface area contributed by atoms with E-state index in [1.165, 1.54) is 29.8 Å². The Morgan fingerprint density at radius 1 is 1.20 bits per heavy atom. The standard InChI is InChI=1S/C29H32N6O6/c1-28(2,41-27(31)39)25(37)32-22(17-40-21-11-7-10-20(14-21)16-30)24(36)35-13-12-23-29(18-35,26(38)34(3)33-23)15-19-8-5-4-6-9-19/h4-11,14,22H,12-13,15,17-18H2,1-3H3,(H2,31,39)(H,32,37)/t22-,29-/m1/s1. The van der Waals surface area contributed by atoms with Crippen molar-refractivity contribution >= 4 is 29.5 Å². The fraction of sp³-hybridized carbons (Fsp3) is 0.379. The molecule has 12 heteroatoms. The summed E-state index contributed by atoms with van der Waals surface area (Å²) in [5, 5.41) is 17.6. The minimum Gasteiger partial charge on any atom is -0.491 e. The van der Waals surface area contributed by atoms with E-state index in [1.807, 2.05) is 36.4 Å². The average molecular weight is 561 g/mol. The molecule has 12 nitrogen and oxygen atoms in total. The topological polar surface area (TPSA) is 167 Å². The third-order valence-corrected chi connectivity index (χ3v) is 7.15. The molecule has 0 saturated carbocycles. The maximum absolute atomic E-state index is 14.0. The maximum atomic E-state index is 14.0. The Balaban J connectivity index is 1.60. The second-order valence-electron chi connectivity index (χ2n) is 10.5. The molecule has 4 amide bonds. The van der Waals surface area contributed by atoms with Gasteiger partial charge in [0.2, 0.25) is 5.91 Å². The van der Waals surface area contributed by atoms with Gasteiger partial charge in [-0.1, -0.05) is 36.4 Å². The third-order valence-electron chi connectivity index (χ3n) is 7.15. The van der Waals surface area contributed by atoms with Crippen LogP contribution in [0.25, 0.3) is 0 Å². The number of fused-ring (bicyclic) bond motifs is 1. The number of nitrogens with one attached hydrogen (secondary N) is 1. The quantitative estimate of drug-likeness (QED) is 0.469. The lowest BCUT2D eigenvalue weighted by Crippen LogP contribution is -2.61. The van der Waals surface area contributed by atoms with Crippen molar-refractivity contribution in [1.82, 2.24) is 15.2 Å². The van der Waals surface area contributed by atoms with E-state index in [2.05, 4.69) is 10.4 Å². The van der Waals surface area contributed by atoms with Gasteiger partial charge in [0.25, 0.3) is 11.8 Å². The summed E-state index contributed by atoms with van der Waals surface area (Å²) < 4.78 is 10.8. The van der Waals surface area contributed by atoms with Crippen LogP contribution in [0.4, 0.5) is 4.79 Å². The Morgan fingerprint density at radius 2 is 1.93 bits per heavy atom. The summed E-state index contributed by atoms with van der Waals surface area (Å²) in [5.74, 6) is -1.14. The van der Waals surface area contributed by atoms with Crippen molar-refractivity contribution in [3.63, 3.8) is 0 Å². The number of primary amides is 1. The highest BCUT2D eigenvalue weighted by atomic mass is 16.6. The maximum Gasteiger partial charge on any atom is 0.405 e. The predicted molar refractivity (Wildman–Crippen MR) is 147 cm³/mol. The molecule has 0 unspecified atom stereocenters. The number of ether oxygens (including phenoxy) is 2. The Bertz CT molecular complexity index is 1420. The predicted octanol–water partition coefficient (Wildman–Crippen LogP) is 1.59. The number of likely N-dealkylation sites (tertiary alicyclic amines) is 1. The van der Waals surface area contributed by atoms with Crippen LogP contribution in [-0.4, -0.2) is 77.8 Å². The number of amides is 4. The molecule has 0 spiro atoms. The van der Waals surface area contributed by atoms with E-state index in [4.69, 9.17) is 15.2 Å². The molecule has 1 fully saturated rings. The highest BCUT2D eigenvalue weighted by molar-refractivity contribution is 6.13. The van der Waals surface area contributed by atoms with Crippen LogP contribution in [0.15, 0.2) is 59.7 Å². The molecule has 0 bridgehead atoms. The number of hydrogen-bond donors (Lipinski definition) is 2. The summed E-state index contributed by atoms with van der Waals surface area (Å²) in [6.07, 6.45) is -0.420. The summed E-state index contributed by atoms with van der Waals surface area (Å²) in [6.45, 7) is 2.73. The first-order valence-corrected chi connectivity index (χ1v) is 13.1. The lowest BCUT2D eigenvalue weighted by Gasteiger charge is -2.40. The molecule has 2 heterocycles. The highest BCUT2D eigenvalue weighted by Crippen LogP contribution is 2.38. The van der Waals surface area contributed by atoms with E-state index in [9.17, 15) is 24.4 Å². The van der Waals surface area contributed by atoms with E-state index >= 15 is 0 Å². The number of hydrogen-bond acceptors (Lipinski definition) is 8. The van der Waals surface area contributed by atoms with Gasteiger partial charge >= 0.3 is 6.09 Å². The number of nitriles is 1. The molecule has 3 N–H and O–H groups in total. The van der Waals surface area contributed by atoms with Gasteiger partial charge in [-0.3, -0.25) is 14.4 Å². The number of piperidine rings is 1. The minimum absolute atomic E-state index is 0.0558. The first kappa shape index (κ1) is 29.1. The van der Waals surface area contributed by atoms with Gasteiger partial charge in [-0.2, -0.15) is 10.4 Å². The second-order valence-corrected chi connectivity index (χ2v) is 10.5. The van der Waals surface area contributed by atoms with Gasteiger partial charge in [-0.25, -0.2) is 9.80 Å². The SMILES string of the molecule is CN1N=C2CCN(C(=O)[C@@H](COc3cccc(C#N)c3)NC(=O)C(C)(C)OC(N)=O)C[C@@]2(Cc2ccccc2)C1=O. The molecule has 0 aliphatic carbocycles. The van der Waals surface area contributed by atoms with Crippen LogP contribution in [0.2, 0.25) is 0 Å². The van der Waals surface area contributed by atoms with Crippen molar-refractivity contribution in [1.29, 1.82) is 5.26 Å². The van der Waals surface area contributed by atoms with Gasteiger partial charge in [-0.15, -0.1) is 0 Å². The Morgan fingerprint density at radius 3 is 2.61 bits per heavy atom. The Hall–Kier alpha value is -4.92. The summed E-state index contributed by atoms with van der Waals surface area (Å²) in [6, 6.07) is 16.7. The average Bonchev–Trinajstić information content (AvgIpc) is 3.19. The number of benzene rings is 2. The molecule has 2 aromatic carbocycles. The lowest BCUT2D eigenvalue weighted by molar-refractivity contribution is -0.145. The van der Waals surface area contributed by atoms with Crippen molar-refractivity contribution in [2.24, 2.45) is 16.3 Å². The molecule has 2 aliphatic heterocycles. The van der Waals surface area contributed by atoms with E-state index in [-0.39, 0.29) is 25.6 Å². The molecule has 2 aromatic rings. The van der Waals surface area contributed by atoms with Gasteiger partial charge in [0, 0.05) is 26.6 Å². The van der Waals surface area contributed by atoms with E-state index in [0.29, 0.717) is 29.9 Å². The third kappa shape index (κ3) is 6.30. The minimum atomic E-state index is -1.68. The van der Waals surface area contributed by atoms with E-state index in [1.54, 1.807) is 25.2 Å². The Labute approximate surface area is 237 Å². The molecular formula is C29H32N6O6. The number of hydrazone groups is 1. The normalized spacial score (nSPS) is 19.0. The number of nitrogens with zero attached hydrogens (tertiary/aromatic N) is 4. The first-order valence-electron chi connectivity index (χ1n) is 13.1. The summed E-state index contributed by atoms with van der Waals surface area (Å²) >= 11 is 0. The number of carbonyl (C=O) groups is 4. The van der Waals surface area contributed by atoms with Crippen LogP contribution < -0.4 is 15.8 Å². The van der Waals surface area contributed by atoms with E-state index in [0.717, 1.165) is 5.56 Å². The van der Waals surface area contributed by atoms with Crippen molar-refractivity contribution in [2.75, 3.05) is 26.7 Å². The molecule has 2 atom stereocenters. The number of rotatable bonds is 9. The van der Waals surface area contributed by atoms with Crippen LogP contribution >= 0.6 is 0 Å². The zero-order valence-corrected chi connectivity index (χ0v) is 23.1. The Kier molecular flexibility index (Phi) is 8.28. The van der Waals surface area contributed by atoms with Crippen LogP contribution in [0.3, 0.4) is 0 Å². The fourth-order valence-electron chi connectivity index (χ4n) is 5.08. The van der Waals surface area contributed by atoms with Gasteiger partial charge in [-0.05, 0) is 44.0 Å². The van der Waals surface area contributed by atoms with Crippen molar-refractivity contribution in [3.05, 3.63) is 65.7 Å². The molecule has 1 saturated heterocycles. The monoisotopic (exact) mass is 560 g/mol. The first-order chi connectivity index (χ1) is 19.4. The molecular weight excluding hydrogens is 528 g/mol. The van der Waals surface area contributed by atoms with Crippen LogP contribution in [0.5, 0.6) is 5.75 Å². The van der Waals surface area contributed by atoms with Crippen molar-refractivity contribution in [3.8, 4) is 11.8 Å². The molecule has 0 aromatic heterocycles. The summed E-state index contributed by atoms with van der Waals surface area (Å²) in [7, 11) is 1.60. The lowest BCUT2D eigenvalue weighted by atomic mass is 9.73.